The maximum atomic E-state index is 5.70. The van der Waals surface area contributed by atoms with Crippen molar-refractivity contribution in [3.63, 3.8) is 0 Å². The SMILES string of the molecule is CNN1CCC(N)CC1. The van der Waals surface area contributed by atoms with Gasteiger partial charge in [-0.05, 0) is 19.9 Å². The lowest BCUT2D eigenvalue weighted by Gasteiger charge is -2.28. The van der Waals surface area contributed by atoms with Crippen LogP contribution >= 0.6 is 0 Å². The van der Waals surface area contributed by atoms with Crippen LogP contribution in [0.3, 0.4) is 0 Å². The Morgan fingerprint density at radius 1 is 1.44 bits per heavy atom. The van der Waals surface area contributed by atoms with E-state index in [1.165, 1.54) is 0 Å². The van der Waals surface area contributed by atoms with Gasteiger partial charge in [-0.15, -0.1) is 0 Å². The fourth-order valence-corrected chi connectivity index (χ4v) is 1.12. The number of hydrogen-bond donors (Lipinski definition) is 2. The third kappa shape index (κ3) is 1.93. The molecule has 0 atom stereocenters. The van der Waals surface area contributed by atoms with Crippen molar-refractivity contribution in [1.82, 2.24) is 10.4 Å². The summed E-state index contributed by atoms with van der Waals surface area (Å²) in [5.41, 5.74) is 8.80. The van der Waals surface area contributed by atoms with Crippen LogP contribution < -0.4 is 11.2 Å². The van der Waals surface area contributed by atoms with E-state index in [1.807, 2.05) is 7.05 Å². The number of nitrogens with zero attached hydrogens (tertiary/aromatic N) is 1. The molecule has 0 aromatic heterocycles. The van der Waals surface area contributed by atoms with Crippen LogP contribution in [-0.4, -0.2) is 31.2 Å². The summed E-state index contributed by atoms with van der Waals surface area (Å²) in [6.07, 6.45) is 2.25. The summed E-state index contributed by atoms with van der Waals surface area (Å²) in [4.78, 5) is 0. The van der Waals surface area contributed by atoms with E-state index in [-0.39, 0.29) is 0 Å². The lowest BCUT2D eigenvalue weighted by atomic mass is 10.1. The Bertz CT molecular complexity index is 76.4. The van der Waals surface area contributed by atoms with Crippen molar-refractivity contribution < 1.29 is 0 Å². The van der Waals surface area contributed by atoms with Gasteiger partial charge in [-0.3, -0.25) is 5.43 Å². The molecule has 9 heavy (non-hydrogen) atoms. The second-order valence-corrected chi connectivity index (χ2v) is 2.55. The summed E-state index contributed by atoms with van der Waals surface area (Å²) in [5.74, 6) is 0. The van der Waals surface area contributed by atoms with Crippen LogP contribution in [0.4, 0.5) is 0 Å². The highest BCUT2D eigenvalue weighted by molar-refractivity contribution is 4.70. The third-order valence-corrected chi connectivity index (χ3v) is 1.86. The Morgan fingerprint density at radius 2 is 2.00 bits per heavy atom. The van der Waals surface area contributed by atoms with Gasteiger partial charge in [0.05, 0.1) is 0 Å². The summed E-state index contributed by atoms with van der Waals surface area (Å²) < 4.78 is 0. The standard InChI is InChI=1S/C6H15N3/c1-8-9-4-2-6(7)3-5-9/h6,8H,2-5,7H2,1H3. The molecule has 1 saturated heterocycles. The Hall–Kier alpha value is -0.120. The van der Waals surface area contributed by atoms with E-state index in [4.69, 9.17) is 5.73 Å². The Balaban J connectivity index is 2.18. The minimum absolute atomic E-state index is 0.439. The van der Waals surface area contributed by atoms with E-state index < -0.39 is 0 Å². The minimum Gasteiger partial charge on any atom is -0.328 e. The van der Waals surface area contributed by atoms with E-state index in [1.54, 1.807) is 0 Å². The van der Waals surface area contributed by atoms with Gasteiger partial charge in [0.15, 0.2) is 0 Å². The van der Waals surface area contributed by atoms with Crippen molar-refractivity contribution in [2.75, 3.05) is 20.1 Å². The average molecular weight is 129 g/mol. The third-order valence-electron chi connectivity index (χ3n) is 1.86. The quantitative estimate of drug-likeness (QED) is 0.503. The predicted octanol–water partition coefficient (Wildman–Crippen LogP) is -0.456. The van der Waals surface area contributed by atoms with Gasteiger partial charge in [0, 0.05) is 19.1 Å². The van der Waals surface area contributed by atoms with E-state index >= 15 is 0 Å². The lowest BCUT2D eigenvalue weighted by Crippen LogP contribution is -2.45. The van der Waals surface area contributed by atoms with Gasteiger partial charge in [0.1, 0.15) is 0 Å². The van der Waals surface area contributed by atoms with Crippen LogP contribution in [0, 0.1) is 0 Å². The molecule has 0 aliphatic carbocycles. The molecule has 1 rings (SSSR count). The normalized spacial score (nSPS) is 24.7. The van der Waals surface area contributed by atoms with Gasteiger partial charge in [-0.1, -0.05) is 0 Å². The van der Waals surface area contributed by atoms with Crippen LogP contribution in [0.5, 0.6) is 0 Å². The van der Waals surface area contributed by atoms with Crippen LogP contribution in [0.2, 0.25) is 0 Å². The predicted molar refractivity (Wildman–Crippen MR) is 37.8 cm³/mol. The molecular weight excluding hydrogens is 114 g/mol. The molecule has 3 N–H and O–H groups in total. The average Bonchev–Trinajstić information content (AvgIpc) is 1.90. The van der Waals surface area contributed by atoms with Crippen molar-refractivity contribution in [2.24, 2.45) is 5.73 Å². The molecule has 0 bridgehead atoms. The summed E-state index contributed by atoms with van der Waals surface area (Å²) >= 11 is 0. The molecule has 1 fully saturated rings. The molecule has 0 unspecified atom stereocenters. The number of nitrogens with two attached hydrogens (primary N) is 1. The zero-order valence-corrected chi connectivity index (χ0v) is 5.93. The molecule has 0 aromatic carbocycles. The van der Waals surface area contributed by atoms with Gasteiger partial charge < -0.3 is 5.73 Å². The molecule has 1 aliphatic rings. The number of hydrazine groups is 1. The van der Waals surface area contributed by atoms with Gasteiger partial charge in [-0.2, -0.15) is 0 Å². The van der Waals surface area contributed by atoms with Gasteiger partial charge >= 0.3 is 0 Å². The van der Waals surface area contributed by atoms with Crippen molar-refractivity contribution in [2.45, 2.75) is 18.9 Å². The Morgan fingerprint density at radius 3 is 2.44 bits per heavy atom. The zero-order chi connectivity index (χ0) is 6.69. The van der Waals surface area contributed by atoms with Gasteiger partial charge in [-0.25, -0.2) is 5.01 Å². The van der Waals surface area contributed by atoms with E-state index in [0.29, 0.717) is 6.04 Å². The topological polar surface area (TPSA) is 41.3 Å². The van der Waals surface area contributed by atoms with Crippen LogP contribution in [0.25, 0.3) is 0 Å². The highest BCUT2D eigenvalue weighted by atomic mass is 15.5. The maximum Gasteiger partial charge on any atom is 0.0145 e. The maximum absolute atomic E-state index is 5.70. The number of nitrogens with one attached hydrogen (secondary N) is 1. The first-order chi connectivity index (χ1) is 4.33. The fraction of sp³-hybridized carbons (Fsp3) is 1.00. The Labute approximate surface area is 56.2 Å². The van der Waals surface area contributed by atoms with Crippen LogP contribution in [-0.2, 0) is 0 Å². The summed E-state index contributed by atoms with van der Waals surface area (Å²) in [6.45, 7) is 2.19. The second-order valence-electron chi connectivity index (χ2n) is 2.55. The highest BCUT2D eigenvalue weighted by Crippen LogP contribution is 2.04. The monoisotopic (exact) mass is 129 g/mol. The van der Waals surface area contributed by atoms with Crippen molar-refractivity contribution in [3.8, 4) is 0 Å². The van der Waals surface area contributed by atoms with Crippen molar-refractivity contribution >= 4 is 0 Å². The molecule has 0 amide bonds. The molecule has 0 spiro atoms. The van der Waals surface area contributed by atoms with Crippen LogP contribution in [0.15, 0.2) is 0 Å². The number of rotatable bonds is 1. The molecule has 1 heterocycles. The first-order valence-corrected chi connectivity index (χ1v) is 3.51. The number of hydrogen-bond acceptors (Lipinski definition) is 3. The first-order valence-electron chi connectivity index (χ1n) is 3.51. The molecule has 3 heteroatoms. The Kier molecular flexibility index (Phi) is 2.45. The second kappa shape index (κ2) is 3.15. The van der Waals surface area contributed by atoms with E-state index in [0.717, 1.165) is 25.9 Å². The van der Waals surface area contributed by atoms with Gasteiger partial charge in [0.25, 0.3) is 0 Å². The van der Waals surface area contributed by atoms with Crippen molar-refractivity contribution in [1.29, 1.82) is 0 Å². The zero-order valence-electron chi connectivity index (χ0n) is 5.93. The lowest BCUT2D eigenvalue weighted by molar-refractivity contribution is 0.160. The molecule has 3 nitrogen and oxygen atoms in total. The fourth-order valence-electron chi connectivity index (χ4n) is 1.12. The first kappa shape index (κ1) is 6.99. The summed E-state index contributed by atoms with van der Waals surface area (Å²) in [6, 6.07) is 0.439. The smallest absolute Gasteiger partial charge is 0.0145 e. The molecule has 1 aliphatic heterocycles. The van der Waals surface area contributed by atoms with E-state index in [2.05, 4.69) is 10.4 Å². The minimum atomic E-state index is 0.439. The number of piperidine rings is 1. The molecule has 0 saturated carbocycles. The van der Waals surface area contributed by atoms with E-state index in [9.17, 15) is 0 Å². The summed E-state index contributed by atoms with van der Waals surface area (Å²) in [7, 11) is 1.96. The summed E-state index contributed by atoms with van der Waals surface area (Å²) in [5, 5.41) is 2.20. The molecule has 0 aromatic rings. The molecule has 0 radical (unpaired) electrons. The molecule has 54 valence electrons. The van der Waals surface area contributed by atoms with Crippen LogP contribution in [0.1, 0.15) is 12.8 Å². The molecular formula is C6H15N3. The van der Waals surface area contributed by atoms with Gasteiger partial charge in [0.2, 0.25) is 0 Å². The highest BCUT2D eigenvalue weighted by Gasteiger charge is 2.13. The van der Waals surface area contributed by atoms with Crippen molar-refractivity contribution in [3.05, 3.63) is 0 Å². The largest absolute Gasteiger partial charge is 0.328 e.